The van der Waals surface area contributed by atoms with Crippen molar-refractivity contribution in [1.29, 1.82) is 0 Å². The van der Waals surface area contributed by atoms with Crippen LogP contribution in [0.5, 0.6) is 0 Å². The standard InChI is InChI=1S/C15H14N6O/c1-10-3-4-12(5-11(10)2)15(22)20-13-6-14(18-8-17-13)21-9-16-7-19-21/h3-9H,1-2H3,(H,17,18,20,22). The number of anilines is 1. The van der Waals surface area contributed by atoms with E-state index in [1.807, 2.05) is 26.0 Å². The maximum atomic E-state index is 12.3. The number of nitrogens with zero attached hydrogens (tertiary/aromatic N) is 5. The summed E-state index contributed by atoms with van der Waals surface area (Å²) in [6, 6.07) is 7.19. The van der Waals surface area contributed by atoms with Crippen LogP contribution in [-0.2, 0) is 0 Å². The molecule has 0 bridgehead atoms. The minimum Gasteiger partial charge on any atom is -0.306 e. The second-order valence-electron chi connectivity index (χ2n) is 4.85. The van der Waals surface area contributed by atoms with Gasteiger partial charge in [0, 0.05) is 11.6 Å². The molecule has 2 aromatic heterocycles. The molecule has 0 saturated carbocycles. The van der Waals surface area contributed by atoms with Crippen molar-refractivity contribution < 1.29 is 4.79 Å². The van der Waals surface area contributed by atoms with Gasteiger partial charge >= 0.3 is 0 Å². The molecular weight excluding hydrogens is 280 g/mol. The van der Waals surface area contributed by atoms with Crippen LogP contribution < -0.4 is 5.32 Å². The minimum atomic E-state index is -0.216. The number of amides is 1. The first kappa shape index (κ1) is 13.9. The quantitative estimate of drug-likeness (QED) is 0.797. The summed E-state index contributed by atoms with van der Waals surface area (Å²) in [5.41, 5.74) is 2.80. The van der Waals surface area contributed by atoms with E-state index in [4.69, 9.17) is 0 Å². The fourth-order valence-electron chi connectivity index (χ4n) is 1.94. The van der Waals surface area contributed by atoms with Crippen molar-refractivity contribution in [2.45, 2.75) is 13.8 Å². The summed E-state index contributed by atoms with van der Waals surface area (Å²) in [6.07, 6.45) is 4.31. The third-order valence-electron chi connectivity index (χ3n) is 3.32. The van der Waals surface area contributed by atoms with Crippen molar-refractivity contribution in [2.75, 3.05) is 5.32 Å². The Hall–Kier alpha value is -3.09. The van der Waals surface area contributed by atoms with Crippen LogP contribution in [0, 0.1) is 13.8 Å². The molecule has 7 heteroatoms. The molecule has 0 aliphatic carbocycles. The van der Waals surface area contributed by atoms with Crippen LogP contribution in [0.25, 0.3) is 5.82 Å². The summed E-state index contributed by atoms with van der Waals surface area (Å²) in [7, 11) is 0. The molecule has 110 valence electrons. The number of aromatic nitrogens is 5. The van der Waals surface area contributed by atoms with Gasteiger partial charge in [0.15, 0.2) is 5.82 Å². The van der Waals surface area contributed by atoms with Crippen LogP contribution in [0.3, 0.4) is 0 Å². The number of aryl methyl sites for hydroxylation is 2. The number of nitrogens with one attached hydrogen (secondary N) is 1. The molecule has 3 aromatic rings. The largest absolute Gasteiger partial charge is 0.306 e. The molecule has 0 unspecified atom stereocenters. The lowest BCUT2D eigenvalue weighted by Crippen LogP contribution is -2.14. The Labute approximate surface area is 127 Å². The van der Waals surface area contributed by atoms with Gasteiger partial charge in [-0.2, -0.15) is 5.10 Å². The van der Waals surface area contributed by atoms with Crippen molar-refractivity contribution in [3.05, 3.63) is 59.9 Å². The predicted octanol–water partition coefficient (Wildman–Crippen LogP) is 1.93. The first-order valence-electron chi connectivity index (χ1n) is 6.69. The highest BCUT2D eigenvalue weighted by Gasteiger charge is 2.09. The van der Waals surface area contributed by atoms with Crippen molar-refractivity contribution in [1.82, 2.24) is 24.7 Å². The number of rotatable bonds is 3. The van der Waals surface area contributed by atoms with Gasteiger partial charge in [-0.05, 0) is 37.1 Å². The Morgan fingerprint density at radius 1 is 1.09 bits per heavy atom. The molecule has 0 spiro atoms. The maximum Gasteiger partial charge on any atom is 0.256 e. The fourth-order valence-corrected chi connectivity index (χ4v) is 1.94. The fraction of sp³-hybridized carbons (Fsp3) is 0.133. The van der Waals surface area contributed by atoms with E-state index in [0.29, 0.717) is 17.2 Å². The van der Waals surface area contributed by atoms with Gasteiger partial charge in [-0.15, -0.1) is 0 Å². The highest BCUT2D eigenvalue weighted by Crippen LogP contribution is 2.13. The summed E-state index contributed by atoms with van der Waals surface area (Å²) in [5.74, 6) is 0.720. The molecule has 0 aliphatic rings. The molecule has 1 N–H and O–H groups in total. The van der Waals surface area contributed by atoms with Gasteiger partial charge in [-0.25, -0.2) is 19.6 Å². The van der Waals surface area contributed by atoms with E-state index < -0.39 is 0 Å². The highest BCUT2D eigenvalue weighted by molar-refractivity contribution is 6.03. The lowest BCUT2D eigenvalue weighted by molar-refractivity contribution is 0.102. The zero-order valence-corrected chi connectivity index (χ0v) is 12.2. The maximum absolute atomic E-state index is 12.3. The van der Waals surface area contributed by atoms with E-state index in [9.17, 15) is 4.79 Å². The van der Waals surface area contributed by atoms with Crippen molar-refractivity contribution in [3.63, 3.8) is 0 Å². The number of hydrogen-bond acceptors (Lipinski definition) is 5. The summed E-state index contributed by atoms with van der Waals surface area (Å²) in [4.78, 5) is 24.3. The average Bonchev–Trinajstić information content (AvgIpc) is 3.04. The zero-order chi connectivity index (χ0) is 15.5. The summed E-state index contributed by atoms with van der Waals surface area (Å²) < 4.78 is 1.49. The van der Waals surface area contributed by atoms with Gasteiger partial charge in [-0.1, -0.05) is 6.07 Å². The lowest BCUT2D eigenvalue weighted by Gasteiger charge is -2.07. The van der Waals surface area contributed by atoms with Crippen LogP contribution in [-0.4, -0.2) is 30.6 Å². The molecule has 0 atom stereocenters. The van der Waals surface area contributed by atoms with Crippen molar-refractivity contribution in [2.24, 2.45) is 0 Å². The molecule has 0 fully saturated rings. The predicted molar refractivity (Wildman–Crippen MR) is 80.8 cm³/mol. The van der Waals surface area contributed by atoms with Gasteiger partial charge in [0.05, 0.1) is 0 Å². The van der Waals surface area contributed by atoms with Crippen LogP contribution >= 0.6 is 0 Å². The van der Waals surface area contributed by atoms with Crippen molar-refractivity contribution >= 4 is 11.7 Å². The third-order valence-corrected chi connectivity index (χ3v) is 3.32. The molecule has 2 heterocycles. The van der Waals surface area contributed by atoms with E-state index in [2.05, 4.69) is 25.4 Å². The molecule has 3 rings (SSSR count). The minimum absolute atomic E-state index is 0.216. The van der Waals surface area contributed by atoms with Crippen LogP contribution in [0.1, 0.15) is 21.5 Å². The lowest BCUT2D eigenvalue weighted by atomic mass is 10.1. The Kier molecular flexibility index (Phi) is 3.61. The van der Waals surface area contributed by atoms with E-state index in [1.54, 1.807) is 12.1 Å². The third kappa shape index (κ3) is 2.83. The van der Waals surface area contributed by atoms with Gasteiger partial charge in [-0.3, -0.25) is 4.79 Å². The molecule has 0 radical (unpaired) electrons. The van der Waals surface area contributed by atoms with Crippen LogP contribution in [0.15, 0.2) is 43.2 Å². The smallest absolute Gasteiger partial charge is 0.256 e. The van der Waals surface area contributed by atoms with Crippen LogP contribution in [0.2, 0.25) is 0 Å². The second kappa shape index (κ2) is 5.72. The summed E-state index contributed by atoms with van der Waals surface area (Å²) in [6.45, 7) is 3.98. The normalized spacial score (nSPS) is 10.5. The van der Waals surface area contributed by atoms with E-state index in [1.165, 1.54) is 23.7 Å². The molecule has 7 nitrogen and oxygen atoms in total. The molecule has 1 aromatic carbocycles. The number of carbonyl (C=O) groups is 1. The summed E-state index contributed by atoms with van der Waals surface area (Å²) in [5, 5.41) is 6.74. The Morgan fingerprint density at radius 2 is 1.95 bits per heavy atom. The van der Waals surface area contributed by atoms with Crippen molar-refractivity contribution in [3.8, 4) is 5.82 Å². The molecule has 22 heavy (non-hydrogen) atoms. The van der Waals surface area contributed by atoms with Gasteiger partial charge in [0.2, 0.25) is 0 Å². The molecule has 0 aliphatic heterocycles. The number of carbonyl (C=O) groups excluding carboxylic acids is 1. The monoisotopic (exact) mass is 294 g/mol. The molecule has 1 amide bonds. The zero-order valence-electron chi connectivity index (χ0n) is 12.2. The summed E-state index contributed by atoms with van der Waals surface area (Å²) >= 11 is 0. The molecular formula is C15H14N6O. The Balaban J connectivity index is 1.82. The second-order valence-corrected chi connectivity index (χ2v) is 4.85. The topological polar surface area (TPSA) is 85.6 Å². The molecule has 0 saturated heterocycles. The Morgan fingerprint density at radius 3 is 2.68 bits per heavy atom. The highest BCUT2D eigenvalue weighted by atomic mass is 16.1. The van der Waals surface area contributed by atoms with Gasteiger partial charge in [0.1, 0.15) is 24.8 Å². The van der Waals surface area contributed by atoms with E-state index >= 15 is 0 Å². The Bertz CT molecular complexity index is 813. The SMILES string of the molecule is Cc1ccc(C(=O)Nc2cc(-n3cncn3)ncn2)cc1C. The van der Waals surface area contributed by atoms with Crippen LogP contribution in [0.4, 0.5) is 5.82 Å². The number of hydrogen-bond donors (Lipinski definition) is 1. The average molecular weight is 294 g/mol. The van der Waals surface area contributed by atoms with Gasteiger partial charge < -0.3 is 5.32 Å². The van der Waals surface area contributed by atoms with E-state index in [0.717, 1.165) is 11.1 Å². The first-order chi connectivity index (χ1) is 10.6. The number of benzene rings is 1. The first-order valence-corrected chi connectivity index (χ1v) is 6.69. The van der Waals surface area contributed by atoms with E-state index in [-0.39, 0.29) is 5.91 Å². The van der Waals surface area contributed by atoms with Gasteiger partial charge in [0.25, 0.3) is 5.91 Å².